The van der Waals surface area contributed by atoms with Gasteiger partial charge in [-0.1, -0.05) is 48.0 Å². The number of benzene rings is 2. The van der Waals surface area contributed by atoms with Gasteiger partial charge in [0.15, 0.2) is 0 Å². The van der Waals surface area contributed by atoms with Gasteiger partial charge in [-0.15, -0.1) is 0 Å². The van der Waals surface area contributed by atoms with Crippen molar-refractivity contribution in [2.75, 3.05) is 0 Å². The Morgan fingerprint density at radius 1 is 1.00 bits per heavy atom. The van der Waals surface area contributed by atoms with E-state index in [2.05, 4.69) is 6.08 Å². The first kappa shape index (κ1) is 10.4. The minimum absolute atomic E-state index is 0.0522. The van der Waals surface area contributed by atoms with Crippen LogP contribution in [0.25, 0.3) is 6.08 Å². The molecule has 0 saturated carbocycles. The van der Waals surface area contributed by atoms with E-state index in [1.54, 1.807) is 0 Å². The maximum Gasteiger partial charge on any atom is 0.142 e. The summed E-state index contributed by atoms with van der Waals surface area (Å²) in [6.45, 7) is 0. The van der Waals surface area contributed by atoms with Gasteiger partial charge in [-0.3, -0.25) is 0 Å². The lowest BCUT2D eigenvalue weighted by Crippen LogP contribution is -2.08. The maximum atomic E-state index is 5.98. The van der Waals surface area contributed by atoms with Crippen molar-refractivity contribution in [2.24, 2.45) is 0 Å². The molecule has 17 heavy (non-hydrogen) atoms. The normalized spacial score (nSPS) is 17.4. The van der Waals surface area contributed by atoms with Crippen molar-refractivity contribution in [3.63, 3.8) is 0 Å². The fraction of sp³-hybridized carbons (Fsp3) is 0.0667. The monoisotopic (exact) mass is 242 g/mol. The maximum absolute atomic E-state index is 5.98. The first-order valence-electron chi connectivity index (χ1n) is 5.52. The third-order valence-corrected chi connectivity index (χ3v) is 3.04. The van der Waals surface area contributed by atoms with E-state index in [1.165, 1.54) is 0 Å². The lowest BCUT2D eigenvalue weighted by Gasteiger charge is -2.21. The Morgan fingerprint density at radius 2 is 1.88 bits per heavy atom. The molecule has 0 saturated heterocycles. The molecular weight excluding hydrogens is 232 g/mol. The largest absolute Gasteiger partial charge is 0.481 e. The summed E-state index contributed by atoms with van der Waals surface area (Å²) >= 11 is 5.98. The number of halogens is 1. The highest BCUT2D eigenvalue weighted by atomic mass is 35.5. The molecule has 1 aliphatic rings. The van der Waals surface area contributed by atoms with Crippen LogP contribution in [0.3, 0.4) is 0 Å². The highest BCUT2D eigenvalue weighted by Crippen LogP contribution is 2.32. The number of rotatable bonds is 1. The minimum atomic E-state index is -0.0522. The van der Waals surface area contributed by atoms with Gasteiger partial charge in [-0.2, -0.15) is 0 Å². The molecule has 0 N–H and O–H groups in total. The van der Waals surface area contributed by atoms with Crippen LogP contribution in [0.15, 0.2) is 54.6 Å². The molecule has 0 fully saturated rings. The van der Waals surface area contributed by atoms with Crippen LogP contribution < -0.4 is 4.74 Å². The SMILES string of the molecule is Clc1cccc(C2C=Cc3ccccc3O2)c1. The Balaban J connectivity index is 1.95. The van der Waals surface area contributed by atoms with Crippen LogP contribution in [-0.4, -0.2) is 0 Å². The van der Waals surface area contributed by atoms with E-state index in [9.17, 15) is 0 Å². The standard InChI is InChI=1S/C15H11ClO/c16-13-6-3-5-12(10-13)15-9-8-11-4-1-2-7-14(11)17-15/h1-10,15H. The van der Waals surface area contributed by atoms with Crippen molar-refractivity contribution in [3.05, 3.63) is 70.8 Å². The molecule has 0 amide bonds. The molecule has 1 atom stereocenters. The van der Waals surface area contributed by atoms with E-state index in [-0.39, 0.29) is 6.10 Å². The molecule has 2 aromatic rings. The smallest absolute Gasteiger partial charge is 0.142 e. The van der Waals surface area contributed by atoms with E-state index in [4.69, 9.17) is 16.3 Å². The van der Waals surface area contributed by atoms with E-state index in [0.717, 1.165) is 21.9 Å². The summed E-state index contributed by atoms with van der Waals surface area (Å²) in [5, 5.41) is 0.735. The van der Waals surface area contributed by atoms with Crippen molar-refractivity contribution in [2.45, 2.75) is 6.10 Å². The van der Waals surface area contributed by atoms with E-state index < -0.39 is 0 Å². The van der Waals surface area contributed by atoms with Crippen LogP contribution >= 0.6 is 11.6 Å². The number of hydrogen-bond donors (Lipinski definition) is 0. The van der Waals surface area contributed by atoms with E-state index >= 15 is 0 Å². The summed E-state index contributed by atoms with van der Waals surface area (Å²) < 4.78 is 5.93. The zero-order valence-corrected chi connectivity index (χ0v) is 9.89. The van der Waals surface area contributed by atoms with Crippen molar-refractivity contribution in [1.82, 2.24) is 0 Å². The van der Waals surface area contributed by atoms with Crippen LogP contribution in [0.1, 0.15) is 17.2 Å². The van der Waals surface area contributed by atoms with Gasteiger partial charge >= 0.3 is 0 Å². The molecule has 1 nitrogen and oxygen atoms in total. The lowest BCUT2D eigenvalue weighted by atomic mass is 10.0. The Morgan fingerprint density at radius 3 is 2.76 bits per heavy atom. The molecule has 2 aromatic carbocycles. The van der Waals surface area contributed by atoms with Gasteiger partial charge in [0.05, 0.1) is 0 Å². The van der Waals surface area contributed by atoms with Gasteiger partial charge < -0.3 is 4.74 Å². The van der Waals surface area contributed by atoms with Crippen LogP contribution in [0.5, 0.6) is 5.75 Å². The Bertz CT molecular complexity index is 575. The second-order valence-electron chi connectivity index (χ2n) is 3.99. The van der Waals surface area contributed by atoms with Crippen LogP contribution in [0.4, 0.5) is 0 Å². The lowest BCUT2D eigenvalue weighted by molar-refractivity contribution is 0.252. The average Bonchev–Trinajstić information content (AvgIpc) is 2.38. The van der Waals surface area contributed by atoms with Crippen molar-refractivity contribution >= 4 is 17.7 Å². The summed E-state index contributed by atoms with van der Waals surface area (Å²) in [6, 6.07) is 15.8. The Hall–Kier alpha value is -1.73. The first-order valence-corrected chi connectivity index (χ1v) is 5.90. The quantitative estimate of drug-likeness (QED) is 0.716. The highest BCUT2D eigenvalue weighted by molar-refractivity contribution is 6.30. The third-order valence-electron chi connectivity index (χ3n) is 2.80. The van der Waals surface area contributed by atoms with Crippen LogP contribution in [0, 0.1) is 0 Å². The van der Waals surface area contributed by atoms with Gasteiger partial charge in [0, 0.05) is 10.6 Å². The molecule has 84 valence electrons. The van der Waals surface area contributed by atoms with Crippen LogP contribution in [0.2, 0.25) is 5.02 Å². The zero-order chi connectivity index (χ0) is 11.7. The van der Waals surface area contributed by atoms with Crippen molar-refractivity contribution in [1.29, 1.82) is 0 Å². The average molecular weight is 243 g/mol. The molecular formula is C15H11ClO. The van der Waals surface area contributed by atoms with Crippen molar-refractivity contribution < 1.29 is 4.74 Å². The fourth-order valence-electron chi connectivity index (χ4n) is 1.96. The fourth-order valence-corrected chi connectivity index (χ4v) is 2.15. The molecule has 0 aliphatic carbocycles. The summed E-state index contributed by atoms with van der Waals surface area (Å²) in [6.07, 6.45) is 4.09. The molecule has 2 heteroatoms. The van der Waals surface area contributed by atoms with Gasteiger partial charge in [0.2, 0.25) is 0 Å². The summed E-state index contributed by atoms with van der Waals surface area (Å²) in [5.74, 6) is 0.917. The molecule has 0 spiro atoms. The number of fused-ring (bicyclic) bond motifs is 1. The zero-order valence-electron chi connectivity index (χ0n) is 9.14. The molecule has 0 radical (unpaired) electrons. The van der Waals surface area contributed by atoms with Crippen LogP contribution in [-0.2, 0) is 0 Å². The molecule has 0 bridgehead atoms. The summed E-state index contributed by atoms with van der Waals surface area (Å²) in [5.41, 5.74) is 2.19. The summed E-state index contributed by atoms with van der Waals surface area (Å²) in [4.78, 5) is 0. The predicted octanol–water partition coefficient (Wildman–Crippen LogP) is 4.49. The van der Waals surface area contributed by atoms with Gasteiger partial charge in [-0.25, -0.2) is 0 Å². The highest BCUT2D eigenvalue weighted by Gasteiger charge is 2.15. The minimum Gasteiger partial charge on any atom is -0.481 e. The number of hydrogen-bond acceptors (Lipinski definition) is 1. The number of para-hydroxylation sites is 1. The van der Waals surface area contributed by atoms with E-state index in [1.807, 2.05) is 54.6 Å². The van der Waals surface area contributed by atoms with Gasteiger partial charge in [-0.05, 0) is 29.8 Å². The van der Waals surface area contributed by atoms with Gasteiger partial charge in [0.1, 0.15) is 11.9 Å². The van der Waals surface area contributed by atoms with Gasteiger partial charge in [0.25, 0.3) is 0 Å². The number of ether oxygens (including phenoxy) is 1. The molecule has 1 heterocycles. The molecule has 0 aromatic heterocycles. The molecule has 1 aliphatic heterocycles. The first-order chi connectivity index (χ1) is 8.33. The molecule has 3 rings (SSSR count). The second-order valence-corrected chi connectivity index (χ2v) is 4.43. The Kier molecular flexibility index (Phi) is 2.62. The predicted molar refractivity (Wildman–Crippen MR) is 70.3 cm³/mol. The topological polar surface area (TPSA) is 9.23 Å². The second kappa shape index (κ2) is 4.27. The van der Waals surface area contributed by atoms with Crippen molar-refractivity contribution in [3.8, 4) is 5.75 Å². The molecule has 1 unspecified atom stereocenters. The third kappa shape index (κ3) is 2.06. The summed E-state index contributed by atoms with van der Waals surface area (Å²) in [7, 11) is 0. The Labute approximate surface area is 105 Å². The van der Waals surface area contributed by atoms with E-state index in [0.29, 0.717) is 0 Å².